The lowest BCUT2D eigenvalue weighted by atomic mass is 10.2. The zero-order valence-electron chi connectivity index (χ0n) is 15.2. The molecule has 5 nitrogen and oxygen atoms in total. The van der Waals surface area contributed by atoms with Crippen molar-refractivity contribution in [2.24, 2.45) is 4.99 Å². The van der Waals surface area contributed by atoms with Gasteiger partial charge in [0.05, 0.1) is 24.7 Å². The summed E-state index contributed by atoms with van der Waals surface area (Å²) in [7, 11) is 0. The molecule has 0 atom stereocenters. The lowest BCUT2D eigenvalue weighted by Gasteiger charge is -2.29. The summed E-state index contributed by atoms with van der Waals surface area (Å²) in [6, 6.07) is 15.3. The van der Waals surface area contributed by atoms with Crippen LogP contribution in [0, 0.1) is 6.92 Å². The smallest absolute Gasteiger partial charge is 0.234 e. The van der Waals surface area contributed by atoms with Gasteiger partial charge in [-0.1, -0.05) is 47.6 Å². The van der Waals surface area contributed by atoms with Crippen molar-refractivity contribution in [2.45, 2.75) is 6.92 Å². The Morgan fingerprint density at radius 1 is 1.19 bits per heavy atom. The van der Waals surface area contributed by atoms with Crippen molar-refractivity contribution in [3.05, 3.63) is 59.1 Å². The van der Waals surface area contributed by atoms with Crippen molar-refractivity contribution in [1.29, 1.82) is 0 Å². The van der Waals surface area contributed by atoms with Gasteiger partial charge >= 0.3 is 0 Å². The second-order valence-electron chi connectivity index (χ2n) is 6.08. The third kappa shape index (κ3) is 5.73. The van der Waals surface area contributed by atoms with Gasteiger partial charge in [0.1, 0.15) is 0 Å². The Morgan fingerprint density at radius 3 is 2.67 bits per heavy atom. The molecule has 1 heterocycles. The van der Waals surface area contributed by atoms with E-state index in [2.05, 4.69) is 10.2 Å². The number of thioether (sulfide) groups is 1. The Balaban J connectivity index is 1.67. The minimum Gasteiger partial charge on any atom is -0.378 e. The Hall–Kier alpha value is -2.02. The number of amides is 1. The van der Waals surface area contributed by atoms with Crippen molar-refractivity contribution < 1.29 is 9.53 Å². The number of amidine groups is 1. The van der Waals surface area contributed by atoms with Crippen molar-refractivity contribution in [3.63, 3.8) is 0 Å². The van der Waals surface area contributed by atoms with E-state index < -0.39 is 0 Å². The molecule has 1 N–H and O–H groups in total. The van der Waals surface area contributed by atoms with Crippen molar-refractivity contribution in [3.8, 4) is 0 Å². The largest absolute Gasteiger partial charge is 0.378 e. The molecule has 1 aliphatic rings. The maximum Gasteiger partial charge on any atom is 0.234 e. The summed E-state index contributed by atoms with van der Waals surface area (Å²) in [5.41, 5.74) is 2.47. The first-order valence-electron chi connectivity index (χ1n) is 8.77. The molecular formula is C20H22ClN3O2S. The number of carbonyl (C=O) groups excluding carboxylic acids is 1. The van der Waals surface area contributed by atoms with Gasteiger partial charge in [-0.05, 0) is 36.8 Å². The summed E-state index contributed by atoms with van der Waals surface area (Å²) in [6.45, 7) is 4.77. The fourth-order valence-electron chi connectivity index (χ4n) is 2.62. The van der Waals surface area contributed by atoms with Gasteiger partial charge in [-0.3, -0.25) is 4.79 Å². The van der Waals surface area contributed by atoms with Crippen LogP contribution in [0.4, 0.5) is 11.4 Å². The number of aliphatic imine (C=N–C) groups is 1. The predicted octanol–water partition coefficient (Wildman–Crippen LogP) is 4.34. The van der Waals surface area contributed by atoms with Crippen LogP contribution in [0.1, 0.15) is 5.56 Å². The number of morpholine rings is 1. The molecule has 0 radical (unpaired) electrons. The quantitative estimate of drug-likeness (QED) is 0.609. The van der Waals surface area contributed by atoms with Crippen molar-refractivity contribution >= 4 is 45.8 Å². The van der Waals surface area contributed by atoms with Gasteiger partial charge in [-0.2, -0.15) is 0 Å². The topological polar surface area (TPSA) is 53.9 Å². The van der Waals surface area contributed by atoms with E-state index in [9.17, 15) is 4.79 Å². The Morgan fingerprint density at radius 2 is 1.93 bits per heavy atom. The molecule has 0 bridgehead atoms. The normalized spacial score (nSPS) is 14.9. The Kier molecular flexibility index (Phi) is 7.15. The lowest BCUT2D eigenvalue weighted by molar-refractivity contribution is -0.113. The van der Waals surface area contributed by atoms with Gasteiger partial charge < -0.3 is 15.0 Å². The highest BCUT2D eigenvalue weighted by molar-refractivity contribution is 8.14. The van der Waals surface area contributed by atoms with Crippen LogP contribution in [0.5, 0.6) is 0 Å². The summed E-state index contributed by atoms with van der Waals surface area (Å²) in [5, 5.41) is 4.41. The molecule has 0 unspecified atom stereocenters. The second-order valence-corrected chi connectivity index (χ2v) is 7.43. The van der Waals surface area contributed by atoms with E-state index in [-0.39, 0.29) is 11.7 Å². The molecular weight excluding hydrogens is 382 g/mol. The Labute approximate surface area is 168 Å². The fourth-order valence-corrected chi connectivity index (χ4v) is 3.66. The average molecular weight is 404 g/mol. The monoisotopic (exact) mass is 403 g/mol. The number of nitrogens with one attached hydrogen (secondary N) is 1. The number of para-hydroxylation sites is 1. The summed E-state index contributed by atoms with van der Waals surface area (Å²) in [6.07, 6.45) is 0. The molecule has 0 aliphatic carbocycles. The number of anilines is 1. The summed E-state index contributed by atoms with van der Waals surface area (Å²) in [5.74, 6) is 0.189. The van der Waals surface area contributed by atoms with E-state index in [0.717, 1.165) is 35.2 Å². The molecule has 2 aromatic rings. The van der Waals surface area contributed by atoms with Crippen LogP contribution in [0.2, 0.25) is 5.02 Å². The molecule has 142 valence electrons. The number of carbonyl (C=O) groups is 1. The summed E-state index contributed by atoms with van der Waals surface area (Å²) in [4.78, 5) is 19.3. The second kappa shape index (κ2) is 9.78. The van der Waals surface area contributed by atoms with E-state index >= 15 is 0 Å². The average Bonchev–Trinajstić information content (AvgIpc) is 2.70. The lowest BCUT2D eigenvalue weighted by Crippen LogP contribution is -2.39. The molecule has 7 heteroatoms. The SMILES string of the molecule is Cc1c(Cl)cccc1NC(=O)CSC(=Nc1ccccc1)N1CCOCC1. The Bertz CT molecular complexity index is 808. The highest BCUT2D eigenvalue weighted by atomic mass is 35.5. The molecule has 27 heavy (non-hydrogen) atoms. The molecule has 0 aromatic heterocycles. The van der Waals surface area contributed by atoms with Crippen LogP contribution in [-0.2, 0) is 9.53 Å². The van der Waals surface area contributed by atoms with Crippen LogP contribution >= 0.6 is 23.4 Å². The highest BCUT2D eigenvalue weighted by Gasteiger charge is 2.17. The fraction of sp³-hybridized carbons (Fsp3) is 0.300. The van der Waals surface area contributed by atoms with Gasteiger partial charge in [0, 0.05) is 23.8 Å². The zero-order chi connectivity index (χ0) is 19.1. The van der Waals surface area contributed by atoms with E-state index in [1.165, 1.54) is 11.8 Å². The molecule has 2 aromatic carbocycles. The zero-order valence-corrected chi connectivity index (χ0v) is 16.7. The molecule has 1 amide bonds. The number of rotatable bonds is 4. The first-order valence-corrected chi connectivity index (χ1v) is 10.1. The van der Waals surface area contributed by atoms with Crippen LogP contribution in [-0.4, -0.2) is 48.0 Å². The van der Waals surface area contributed by atoms with E-state index in [0.29, 0.717) is 18.2 Å². The maximum atomic E-state index is 12.4. The number of ether oxygens (including phenoxy) is 1. The maximum absolute atomic E-state index is 12.4. The third-order valence-corrected chi connectivity index (χ3v) is 5.56. The highest BCUT2D eigenvalue weighted by Crippen LogP contribution is 2.24. The first-order chi connectivity index (χ1) is 13.1. The van der Waals surface area contributed by atoms with Gasteiger partial charge in [0.25, 0.3) is 0 Å². The summed E-state index contributed by atoms with van der Waals surface area (Å²) < 4.78 is 5.43. The van der Waals surface area contributed by atoms with Crippen molar-refractivity contribution in [1.82, 2.24) is 4.90 Å². The number of benzene rings is 2. The van der Waals surface area contributed by atoms with Gasteiger partial charge in [0.2, 0.25) is 5.91 Å². The van der Waals surface area contributed by atoms with Crippen LogP contribution in [0.15, 0.2) is 53.5 Å². The first kappa shape index (κ1) is 19.7. The van der Waals surface area contributed by atoms with Gasteiger partial charge in [0.15, 0.2) is 5.17 Å². The minimum atomic E-state index is -0.0839. The molecule has 1 fully saturated rings. The number of hydrogen-bond donors (Lipinski definition) is 1. The van der Waals surface area contributed by atoms with E-state index in [1.54, 1.807) is 0 Å². The van der Waals surface area contributed by atoms with Crippen LogP contribution in [0.25, 0.3) is 0 Å². The molecule has 1 saturated heterocycles. The molecule has 0 saturated carbocycles. The number of halogens is 1. The molecule has 0 spiro atoms. The van der Waals surface area contributed by atoms with E-state index in [4.69, 9.17) is 21.3 Å². The van der Waals surface area contributed by atoms with E-state index in [1.807, 2.05) is 55.5 Å². The summed E-state index contributed by atoms with van der Waals surface area (Å²) >= 11 is 7.56. The molecule has 1 aliphatic heterocycles. The van der Waals surface area contributed by atoms with Crippen LogP contribution < -0.4 is 5.32 Å². The predicted molar refractivity (Wildman–Crippen MR) is 113 cm³/mol. The van der Waals surface area contributed by atoms with Crippen LogP contribution in [0.3, 0.4) is 0 Å². The number of hydrogen-bond acceptors (Lipinski definition) is 4. The van der Waals surface area contributed by atoms with Gasteiger partial charge in [-0.25, -0.2) is 4.99 Å². The molecule has 3 rings (SSSR count). The number of nitrogens with zero attached hydrogens (tertiary/aromatic N) is 2. The van der Waals surface area contributed by atoms with Gasteiger partial charge in [-0.15, -0.1) is 0 Å². The van der Waals surface area contributed by atoms with Crippen molar-refractivity contribution in [2.75, 3.05) is 37.4 Å². The third-order valence-electron chi connectivity index (χ3n) is 4.14. The minimum absolute atomic E-state index is 0.0839. The standard InChI is InChI=1S/C20H22ClN3O2S/c1-15-17(21)8-5-9-18(15)23-19(25)14-27-20(24-10-12-26-13-11-24)22-16-6-3-2-4-7-16/h2-9H,10-14H2,1H3,(H,23,25).